The number of fused-ring (bicyclic) bond motifs is 3. The largest absolute Gasteiger partial charge is 0.484 e. The van der Waals surface area contributed by atoms with Crippen molar-refractivity contribution in [2.75, 3.05) is 24.6 Å². The number of hydrogen-bond acceptors (Lipinski definition) is 3. The summed E-state index contributed by atoms with van der Waals surface area (Å²) < 4.78 is 5.56. The third-order valence-electron chi connectivity index (χ3n) is 2.44. The molecule has 0 saturated heterocycles. The number of benzene rings is 1. The van der Waals surface area contributed by atoms with E-state index in [-0.39, 0.29) is 0 Å². The van der Waals surface area contributed by atoms with E-state index in [0.29, 0.717) is 6.61 Å². The van der Waals surface area contributed by atoms with E-state index < -0.39 is 0 Å². The van der Waals surface area contributed by atoms with E-state index in [9.17, 15) is 0 Å². The molecule has 0 aromatic heterocycles. The van der Waals surface area contributed by atoms with E-state index in [4.69, 9.17) is 4.74 Å². The third kappa shape index (κ3) is 0.932. The first-order valence-corrected chi connectivity index (χ1v) is 4.48. The SMILES string of the molecule is c1ccc2c(c1)OCC1=NCCN12. The highest BCUT2D eigenvalue weighted by Gasteiger charge is 2.25. The van der Waals surface area contributed by atoms with E-state index in [2.05, 4.69) is 16.0 Å². The summed E-state index contributed by atoms with van der Waals surface area (Å²) in [4.78, 5) is 6.61. The van der Waals surface area contributed by atoms with Crippen molar-refractivity contribution in [3.63, 3.8) is 0 Å². The molecule has 2 heterocycles. The van der Waals surface area contributed by atoms with Gasteiger partial charge in [0.15, 0.2) is 0 Å². The summed E-state index contributed by atoms with van der Waals surface area (Å²) in [5.41, 5.74) is 1.16. The second-order valence-corrected chi connectivity index (χ2v) is 3.21. The summed E-state index contributed by atoms with van der Waals surface area (Å²) in [7, 11) is 0. The normalized spacial score (nSPS) is 18.8. The Hall–Kier alpha value is -1.51. The fourth-order valence-corrected chi connectivity index (χ4v) is 1.82. The highest BCUT2D eigenvalue weighted by molar-refractivity contribution is 6.03. The van der Waals surface area contributed by atoms with Crippen LogP contribution in [0.15, 0.2) is 29.3 Å². The first-order valence-electron chi connectivity index (χ1n) is 4.48. The number of para-hydroxylation sites is 2. The van der Waals surface area contributed by atoms with Crippen LogP contribution in [-0.4, -0.2) is 25.5 Å². The van der Waals surface area contributed by atoms with Crippen molar-refractivity contribution in [2.45, 2.75) is 0 Å². The zero-order chi connectivity index (χ0) is 8.67. The van der Waals surface area contributed by atoms with E-state index in [1.807, 2.05) is 18.2 Å². The second kappa shape index (κ2) is 2.49. The van der Waals surface area contributed by atoms with Crippen LogP contribution in [0.5, 0.6) is 5.75 Å². The number of rotatable bonds is 0. The summed E-state index contributed by atoms with van der Waals surface area (Å²) >= 11 is 0. The number of hydrogen-bond donors (Lipinski definition) is 0. The molecule has 1 aromatic rings. The predicted molar refractivity (Wildman–Crippen MR) is 51.6 cm³/mol. The molecule has 0 radical (unpaired) electrons. The summed E-state index contributed by atoms with van der Waals surface area (Å²) in [5, 5.41) is 0. The van der Waals surface area contributed by atoms with Crippen molar-refractivity contribution < 1.29 is 4.74 Å². The summed E-state index contributed by atoms with van der Waals surface area (Å²) in [5.74, 6) is 2.04. The monoisotopic (exact) mass is 174 g/mol. The van der Waals surface area contributed by atoms with Crippen LogP contribution in [0, 0.1) is 0 Å². The Balaban J connectivity index is 2.12. The van der Waals surface area contributed by atoms with Crippen molar-refractivity contribution in [1.82, 2.24) is 0 Å². The molecule has 13 heavy (non-hydrogen) atoms. The molecular weight excluding hydrogens is 164 g/mol. The zero-order valence-electron chi connectivity index (χ0n) is 7.23. The molecule has 0 N–H and O–H groups in total. The molecule has 3 heteroatoms. The predicted octanol–water partition coefficient (Wildman–Crippen LogP) is 1.30. The molecule has 0 bridgehead atoms. The molecule has 3 rings (SSSR count). The standard InChI is InChI=1S/C10H10N2O/c1-2-4-9-8(3-1)12-6-5-11-10(12)7-13-9/h1-4H,5-7H2. The average Bonchev–Trinajstić information content (AvgIpc) is 2.65. The minimum Gasteiger partial charge on any atom is -0.484 e. The molecular formula is C10H10N2O. The van der Waals surface area contributed by atoms with Crippen molar-refractivity contribution in [3.05, 3.63) is 24.3 Å². The Morgan fingerprint density at radius 3 is 3.23 bits per heavy atom. The number of aliphatic imine (C=N–C) groups is 1. The molecule has 0 saturated carbocycles. The lowest BCUT2D eigenvalue weighted by Gasteiger charge is -2.27. The van der Waals surface area contributed by atoms with E-state index >= 15 is 0 Å². The summed E-state index contributed by atoms with van der Waals surface area (Å²) in [6.45, 7) is 2.51. The molecule has 0 fully saturated rings. The summed E-state index contributed by atoms with van der Waals surface area (Å²) in [6, 6.07) is 8.11. The Morgan fingerprint density at radius 1 is 1.31 bits per heavy atom. The van der Waals surface area contributed by atoms with Crippen LogP contribution in [-0.2, 0) is 0 Å². The molecule has 0 spiro atoms. The van der Waals surface area contributed by atoms with Crippen molar-refractivity contribution in [3.8, 4) is 5.75 Å². The Kier molecular flexibility index (Phi) is 1.33. The summed E-state index contributed by atoms with van der Waals surface area (Å²) in [6.07, 6.45) is 0. The minimum absolute atomic E-state index is 0.622. The van der Waals surface area contributed by atoms with Gasteiger partial charge in [0.05, 0.1) is 12.2 Å². The van der Waals surface area contributed by atoms with Crippen LogP contribution < -0.4 is 9.64 Å². The third-order valence-corrected chi connectivity index (χ3v) is 2.44. The highest BCUT2D eigenvalue weighted by Crippen LogP contribution is 2.32. The fourth-order valence-electron chi connectivity index (χ4n) is 1.82. The second-order valence-electron chi connectivity index (χ2n) is 3.21. The van der Waals surface area contributed by atoms with Crippen LogP contribution in [0.2, 0.25) is 0 Å². The Labute approximate surface area is 76.6 Å². The van der Waals surface area contributed by atoms with Gasteiger partial charge < -0.3 is 9.64 Å². The fraction of sp³-hybridized carbons (Fsp3) is 0.300. The van der Waals surface area contributed by atoms with Crippen LogP contribution in [0.4, 0.5) is 5.69 Å². The van der Waals surface area contributed by atoms with Crippen molar-refractivity contribution in [1.29, 1.82) is 0 Å². The van der Waals surface area contributed by atoms with E-state index in [1.165, 1.54) is 0 Å². The topological polar surface area (TPSA) is 24.8 Å². The van der Waals surface area contributed by atoms with Gasteiger partial charge in [-0.3, -0.25) is 4.99 Å². The Bertz CT molecular complexity index is 373. The number of nitrogens with zero attached hydrogens (tertiary/aromatic N) is 2. The van der Waals surface area contributed by atoms with Gasteiger partial charge in [0.2, 0.25) is 0 Å². The van der Waals surface area contributed by atoms with Gasteiger partial charge in [-0.05, 0) is 12.1 Å². The van der Waals surface area contributed by atoms with E-state index in [0.717, 1.165) is 30.4 Å². The molecule has 0 aliphatic carbocycles. The number of amidine groups is 1. The molecule has 2 aliphatic heterocycles. The molecule has 0 atom stereocenters. The molecule has 0 amide bonds. The maximum atomic E-state index is 5.56. The van der Waals surface area contributed by atoms with Gasteiger partial charge in [0.25, 0.3) is 0 Å². The average molecular weight is 174 g/mol. The highest BCUT2D eigenvalue weighted by atomic mass is 16.5. The van der Waals surface area contributed by atoms with Gasteiger partial charge in [0, 0.05) is 6.54 Å². The van der Waals surface area contributed by atoms with Crippen molar-refractivity contribution >= 4 is 11.5 Å². The lowest BCUT2D eigenvalue weighted by molar-refractivity contribution is 0.368. The van der Waals surface area contributed by atoms with Crippen LogP contribution in [0.1, 0.15) is 0 Å². The zero-order valence-corrected chi connectivity index (χ0v) is 7.23. The number of anilines is 1. The lowest BCUT2D eigenvalue weighted by atomic mass is 10.2. The van der Waals surface area contributed by atoms with Gasteiger partial charge in [0.1, 0.15) is 18.2 Å². The smallest absolute Gasteiger partial charge is 0.146 e. The lowest BCUT2D eigenvalue weighted by Crippen LogP contribution is -2.35. The Morgan fingerprint density at radius 2 is 2.23 bits per heavy atom. The first-order chi connectivity index (χ1) is 6.45. The molecule has 3 nitrogen and oxygen atoms in total. The van der Waals surface area contributed by atoms with Crippen LogP contribution >= 0.6 is 0 Å². The first kappa shape index (κ1) is 6.95. The maximum absolute atomic E-state index is 5.56. The van der Waals surface area contributed by atoms with Gasteiger partial charge in [-0.25, -0.2) is 0 Å². The van der Waals surface area contributed by atoms with Gasteiger partial charge in [-0.2, -0.15) is 0 Å². The number of ether oxygens (including phenoxy) is 1. The molecule has 1 aromatic carbocycles. The van der Waals surface area contributed by atoms with Crippen LogP contribution in [0.3, 0.4) is 0 Å². The van der Waals surface area contributed by atoms with Crippen molar-refractivity contribution in [2.24, 2.45) is 4.99 Å². The molecule has 0 unspecified atom stereocenters. The molecule has 66 valence electrons. The van der Waals surface area contributed by atoms with Gasteiger partial charge in [-0.1, -0.05) is 12.1 Å². The minimum atomic E-state index is 0.622. The van der Waals surface area contributed by atoms with E-state index in [1.54, 1.807) is 0 Å². The quantitative estimate of drug-likeness (QED) is 0.592. The van der Waals surface area contributed by atoms with Gasteiger partial charge >= 0.3 is 0 Å². The van der Waals surface area contributed by atoms with Gasteiger partial charge in [-0.15, -0.1) is 0 Å². The molecule has 2 aliphatic rings. The maximum Gasteiger partial charge on any atom is 0.146 e. The van der Waals surface area contributed by atoms with Crippen LogP contribution in [0.25, 0.3) is 0 Å².